The molecule has 1 atom stereocenters. The summed E-state index contributed by atoms with van der Waals surface area (Å²) in [6, 6.07) is 6.59. The Bertz CT molecular complexity index is 718. The van der Waals surface area contributed by atoms with Crippen molar-refractivity contribution < 1.29 is 13.2 Å². The monoisotopic (exact) mass is 379 g/mol. The van der Waals surface area contributed by atoms with Gasteiger partial charge < -0.3 is 9.80 Å². The van der Waals surface area contributed by atoms with Gasteiger partial charge >= 0.3 is 0 Å². The predicted molar refractivity (Wildman–Crippen MR) is 103 cm³/mol. The van der Waals surface area contributed by atoms with Crippen LogP contribution in [0, 0.1) is 5.92 Å². The van der Waals surface area contributed by atoms with Crippen molar-refractivity contribution in [3.8, 4) is 0 Å². The minimum Gasteiger partial charge on any atom is -0.312 e. The summed E-state index contributed by atoms with van der Waals surface area (Å²) < 4.78 is 27.5. The largest absolute Gasteiger partial charge is 0.312 e. The Morgan fingerprint density at radius 3 is 2.58 bits per heavy atom. The van der Waals surface area contributed by atoms with Crippen molar-refractivity contribution in [3.63, 3.8) is 0 Å². The number of sulfonamides is 1. The SMILES string of the molecule is C[C@H]1CCCN(CCCNS(=O)(=O)c2ccc(N3CCCC3=O)cc2)C1. The van der Waals surface area contributed by atoms with E-state index in [1.54, 1.807) is 29.2 Å². The van der Waals surface area contributed by atoms with Gasteiger partial charge in [-0.15, -0.1) is 0 Å². The highest BCUT2D eigenvalue weighted by Crippen LogP contribution is 2.23. The molecule has 2 aliphatic heterocycles. The summed E-state index contributed by atoms with van der Waals surface area (Å²) in [5, 5.41) is 0. The molecule has 0 aromatic heterocycles. The van der Waals surface area contributed by atoms with Gasteiger partial charge in [-0.3, -0.25) is 4.79 Å². The number of rotatable bonds is 7. The highest BCUT2D eigenvalue weighted by atomic mass is 32.2. The molecule has 0 bridgehead atoms. The maximum atomic E-state index is 12.4. The van der Waals surface area contributed by atoms with Crippen LogP contribution in [-0.4, -0.2) is 51.9 Å². The van der Waals surface area contributed by atoms with Crippen LogP contribution in [0.2, 0.25) is 0 Å². The Kier molecular flexibility index (Phi) is 6.32. The Labute approximate surface area is 156 Å². The highest BCUT2D eigenvalue weighted by Gasteiger charge is 2.22. The molecule has 3 rings (SSSR count). The Morgan fingerprint density at radius 2 is 1.92 bits per heavy atom. The second kappa shape index (κ2) is 8.50. The lowest BCUT2D eigenvalue weighted by Crippen LogP contribution is -2.36. The molecule has 7 heteroatoms. The van der Waals surface area contributed by atoms with Crippen molar-refractivity contribution in [2.75, 3.05) is 37.6 Å². The standard InChI is InChI=1S/C19H29N3O3S/c1-16-5-2-12-21(15-16)13-4-11-20-26(24,25)18-9-7-17(8-10-18)22-14-3-6-19(22)23/h7-10,16,20H,2-6,11-15H2,1H3/t16-/m0/s1. The molecule has 1 amide bonds. The number of likely N-dealkylation sites (tertiary alicyclic amines) is 1. The first-order valence-corrected chi connectivity index (χ1v) is 11.1. The predicted octanol–water partition coefficient (Wildman–Crippen LogP) is 2.21. The van der Waals surface area contributed by atoms with Gasteiger partial charge in [-0.2, -0.15) is 0 Å². The van der Waals surface area contributed by atoms with Crippen LogP contribution in [0.4, 0.5) is 5.69 Å². The summed E-state index contributed by atoms with van der Waals surface area (Å²) in [5.74, 6) is 0.840. The van der Waals surface area contributed by atoms with Gasteiger partial charge in [-0.1, -0.05) is 6.92 Å². The fourth-order valence-corrected chi connectivity index (χ4v) is 4.88. The zero-order valence-corrected chi connectivity index (χ0v) is 16.3. The van der Waals surface area contributed by atoms with E-state index in [1.807, 2.05) is 0 Å². The maximum Gasteiger partial charge on any atom is 0.240 e. The fraction of sp³-hybridized carbons (Fsp3) is 0.632. The molecule has 26 heavy (non-hydrogen) atoms. The molecule has 0 saturated carbocycles. The molecule has 0 spiro atoms. The van der Waals surface area contributed by atoms with E-state index in [2.05, 4.69) is 16.5 Å². The molecule has 0 unspecified atom stereocenters. The molecule has 1 aromatic carbocycles. The smallest absolute Gasteiger partial charge is 0.240 e. The zero-order valence-electron chi connectivity index (χ0n) is 15.5. The Balaban J connectivity index is 1.49. The van der Waals surface area contributed by atoms with E-state index >= 15 is 0 Å². The fourth-order valence-electron chi connectivity index (χ4n) is 3.81. The van der Waals surface area contributed by atoms with Gasteiger partial charge in [0.1, 0.15) is 0 Å². The molecular weight excluding hydrogens is 350 g/mol. The van der Waals surface area contributed by atoms with Crippen LogP contribution in [0.1, 0.15) is 39.0 Å². The summed E-state index contributed by atoms with van der Waals surface area (Å²) in [5.41, 5.74) is 0.769. The summed E-state index contributed by atoms with van der Waals surface area (Å²) in [6.45, 7) is 6.59. The molecule has 0 aliphatic carbocycles. The lowest BCUT2D eigenvalue weighted by atomic mass is 10.0. The van der Waals surface area contributed by atoms with Crippen LogP contribution >= 0.6 is 0 Å². The minimum absolute atomic E-state index is 0.103. The van der Waals surface area contributed by atoms with E-state index in [4.69, 9.17) is 0 Å². The van der Waals surface area contributed by atoms with Crippen LogP contribution in [0.15, 0.2) is 29.2 Å². The first-order chi connectivity index (χ1) is 12.5. The molecule has 2 saturated heterocycles. The second-order valence-electron chi connectivity index (χ2n) is 7.44. The molecule has 144 valence electrons. The normalized spacial score (nSPS) is 22.1. The molecule has 0 radical (unpaired) electrons. The molecule has 1 N–H and O–H groups in total. The van der Waals surface area contributed by atoms with Gasteiger partial charge in [0, 0.05) is 31.7 Å². The van der Waals surface area contributed by atoms with E-state index < -0.39 is 10.0 Å². The van der Waals surface area contributed by atoms with Crippen molar-refractivity contribution in [3.05, 3.63) is 24.3 Å². The number of hydrogen-bond acceptors (Lipinski definition) is 4. The average Bonchev–Trinajstić information content (AvgIpc) is 3.05. The van der Waals surface area contributed by atoms with Crippen LogP contribution in [0.3, 0.4) is 0 Å². The number of amides is 1. The first-order valence-electron chi connectivity index (χ1n) is 9.58. The lowest BCUT2D eigenvalue weighted by Gasteiger charge is -2.30. The number of carbonyl (C=O) groups is 1. The Hall–Kier alpha value is -1.44. The van der Waals surface area contributed by atoms with E-state index in [9.17, 15) is 13.2 Å². The molecule has 2 heterocycles. The van der Waals surface area contributed by atoms with Crippen LogP contribution < -0.4 is 9.62 Å². The van der Waals surface area contributed by atoms with Crippen molar-refractivity contribution in [2.45, 2.75) is 43.9 Å². The molecule has 2 fully saturated rings. The van der Waals surface area contributed by atoms with Crippen molar-refractivity contribution in [2.24, 2.45) is 5.92 Å². The molecule has 1 aromatic rings. The van der Waals surface area contributed by atoms with Gasteiger partial charge in [0.15, 0.2) is 0 Å². The van der Waals surface area contributed by atoms with E-state index in [-0.39, 0.29) is 10.8 Å². The number of carbonyl (C=O) groups excluding carboxylic acids is 1. The van der Waals surface area contributed by atoms with Gasteiger partial charge in [0.25, 0.3) is 0 Å². The van der Waals surface area contributed by atoms with Gasteiger partial charge in [0.2, 0.25) is 15.9 Å². The number of nitrogens with zero attached hydrogens (tertiary/aromatic N) is 2. The summed E-state index contributed by atoms with van der Waals surface area (Å²) in [6.07, 6.45) is 4.76. The minimum atomic E-state index is -3.50. The lowest BCUT2D eigenvalue weighted by molar-refractivity contribution is -0.117. The quantitative estimate of drug-likeness (QED) is 0.738. The third-order valence-electron chi connectivity index (χ3n) is 5.22. The summed E-state index contributed by atoms with van der Waals surface area (Å²) in [4.78, 5) is 16.2. The van der Waals surface area contributed by atoms with Crippen molar-refractivity contribution >= 4 is 21.6 Å². The van der Waals surface area contributed by atoms with Gasteiger partial charge in [-0.25, -0.2) is 13.1 Å². The maximum absolute atomic E-state index is 12.4. The first kappa shape index (κ1) is 19.3. The number of benzene rings is 1. The van der Waals surface area contributed by atoms with Gasteiger partial charge in [0.05, 0.1) is 4.90 Å². The van der Waals surface area contributed by atoms with E-state index in [1.165, 1.54) is 12.8 Å². The number of piperidine rings is 1. The van der Waals surface area contributed by atoms with Crippen LogP contribution in [0.5, 0.6) is 0 Å². The molecule has 2 aliphatic rings. The molecule has 6 nitrogen and oxygen atoms in total. The third-order valence-corrected chi connectivity index (χ3v) is 6.69. The molecular formula is C19H29N3O3S. The third kappa shape index (κ3) is 4.84. The topological polar surface area (TPSA) is 69.7 Å². The summed E-state index contributed by atoms with van der Waals surface area (Å²) >= 11 is 0. The van der Waals surface area contributed by atoms with E-state index in [0.717, 1.165) is 44.1 Å². The van der Waals surface area contributed by atoms with Crippen LogP contribution in [-0.2, 0) is 14.8 Å². The second-order valence-corrected chi connectivity index (χ2v) is 9.21. The van der Waals surface area contributed by atoms with Crippen LogP contribution in [0.25, 0.3) is 0 Å². The summed E-state index contributed by atoms with van der Waals surface area (Å²) in [7, 11) is -3.50. The van der Waals surface area contributed by atoms with Crippen molar-refractivity contribution in [1.29, 1.82) is 0 Å². The van der Waals surface area contributed by atoms with Gasteiger partial charge in [-0.05, 0) is 69.0 Å². The number of hydrogen-bond donors (Lipinski definition) is 1. The number of nitrogens with one attached hydrogen (secondary N) is 1. The number of anilines is 1. The average molecular weight is 380 g/mol. The van der Waals surface area contributed by atoms with Crippen molar-refractivity contribution in [1.82, 2.24) is 9.62 Å². The Morgan fingerprint density at radius 1 is 1.15 bits per heavy atom. The highest BCUT2D eigenvalue weighted by molar-refractivity contribution is 7.89. The zero-order chi connectivity index (χ0) is 18.6. The van der Waals surface area contributed by atoms with E-state index in [0.29, 0.717) is 19.5 Å².